The summed E-state index contributed by atoms with van der Waals surface area (Å²) in [6, 6.07) is 11.4. The third-order valence-electron chi connectivity index (χ3n) is 5.16. The molecule has 0 radical (unpaired) electrons. The predicted octanol–water partition coefficient (Wildman–Crippen LogP) is 3.04. The summed E-state index contributed by atoms with van der Waals surface area (Å²) in [4.78, 5) is 14.8. The van der Waals surface area contributed by atoms with Crippen LogP contribution in [0.1, 0.15) is 37.7 Å². The lowest BCUT2D eigenvalue weighted by Crippen LogP contribution is -2.42. The van der Waals surface area contributed by atoms with Gasteiger partial charge in [-0.1, -0.05) is 30.3 Å². The number of hydrogen-bond donors (Lipinski definition) is 0. The molecule has 3 nitrogen and oxygen atoms in total. The number of Topliss-reactive ketones (excluding diaryl/α,β-unsaturated/α-hetero) is 1. The summed E-state index contributed by atoms with van der Waals surface area (Å²) in [5.74, 6) is 0.687. The number of ether oxygens (including phenoxy) is 1. The van der Waals surface area contributed by atoms with Crippen LogP contribution in [-0.2, 0) is 16.1 Å². The number of benzene rings is 1. The molecule has 0 N–H and O–H groups in total. The van der Waals surface area contributed by atoms with Crippen molar-refractivity contribution in [3.63, 3.8) is 0 Å². The molecule has 2 aliphatic heterocycles. The molecule has 2 saturated heterocycles. The number of nitrogens with zero attached hydrogens (tertiary/aromatic N) is 1. The lowest BCUT2D eigenvalue weighted by molar-refractivity contribution is -0.126. The van der Waals surface area contributed by atoms with Gasteiger partial charge < -0.3 is 9.64 Å². The fraction of sp³-hybridized carbons (Fsp3) is 0.611. The lowest BCUT2D eigenvalue weighted by atomic mass is 9.86. The zero-order chi connectivity index (χ0) is 14.7. The number of carbonyl (C=O) groups is 1. The molecule has 3 rings (SSSR count). The molecular weight excluding hydrogens is 262 g/mol. The maximum atomic E-state index is 12.3. The highest BCUT2D eigenvalue weighted by molar-refractivity contribution is 5.81. The van der Waals surface area contributed by atoms with Crippen molar-refractivity contribution in [3.8, 4) is 0 Å². The first-order chi connectivity index (χ1) is 10.2. The van der Waals surface area contributed by atoms with Gasteiger partial charge in [-0.3, -0.25) is 4.79 Å². The van der Waals surface area contributed by atoms with Gasteiger partial charge in [0.1, 0.15) is 5.78 Å². The quantitative estimate of drug-likeness (QED) is 0.753. The Balaban J connectivity index is 1.39. The number of carbonyl (C=O) groups excluding carboxylic acids is 1. The third-order valence-corrected chi connectivity index (χ3v) is 5.16. The van der Waals surface area contributed by atoms with Crippen LogP contribution in [-0.4, -0.2) is 36.4 Å². The lowest BCUT2D eigenvalue weighted by Gasteiger charge is -2.35. The van der Waals surface area contributed by atoms with Crippen LogP contribution in [0.4, 0.5) is 0 Å². The SMILES string of the molecule is CN1C2CCC1CC(C(=O)CCOCc1ccccc1)C2. The van der Waals surface area contributed by atoms with E-state index in [2.05, 4.69) is 24.1 Å². The smallest absolute Gasteiger partial charge is 0.138 e. The maximum Gasteiger partial charge on any atom is 0.138 e. The Morgan fingerprint density at radius 1 is 1.19 bits per heavy atom. The minimum atomic E-state index is 0.277. The molecule has 3 heteroatoms. The van der Waals surface area contributed by atoms with Gasteiger partial charge in [-0.25, -0.2) is 0 Å². The Labute approximate surface area is 127 Å². The highest BCUT2D eigenvalue weighted by Crippen LogP contribution is 2.38. The second-order valence-corrected chi connectivity index (χ2v) is 6.47. The minimum absolute atomic E-state index is 0.277. The molecule has 1 aromatic carbocycles. The van der Waals surface area contributed by atoms with E-state index in [0.29, 0.717) is 37.5 Å². The first-order valence-electron chi connectivity index (χ1n) is 8.10. The van der Waals surface area contributed by atoms with E-state index in [9.17, 15) is 4.79 Å². The number of hydrogen-bond acceptors (Lipinski definition) is 3. The molecule has 2 aliphatic rings. The van der Waals surface area contributed by atoms with Crippen LogP contribution < -0.4 is 0 Å². The summed E-state index contributed by atoms with van der Waals surface area (Å²) in [6.45, 7) is 1.15. The van der Waals surface area contributed by atoms with E-state index in [-0.39, 0.29) is 5.92 Å². The van der Waals surface area contributed by atoms with Gasteiger partial charge in [0, 0.05) is 24.4 Å². The van der Waals surface area contributed by atoms with E-state index in [1.165, 1.54) is 18.4 Å². The number of ketones is 1. The molecule has 0 spiro atoms. The highest BCUT2D eigenvalue weighted by Gasteiger charge is 2.40. The molecule has 114 valence electrons. The average molecular weight is 287 g/mol. The van der Waals surface area contributed by atoms with E-state index in [0.717, 1.165) is 12.8 Å². The van der Waals surface area contributed by atoms with Crippen LogP contribution in [0.15, 0.2) is 30.3 Å². The van der Waals surface area contributed by atoms with Crippen LogP contribution in [0.2, 0.25) is 0 Å². The summed E-state index contributed by atoms with van der Waals surface area (Å²) in [7, 11) is 2.21. The van der Waals surface area contributed by atoms with Gasteiger partial charge in [0.05, 0.1) is 13.2 Å². The van der Waals surface area contributed by atoms with Crippen LogP contribution in [0, 0.1) is 5.92 Å². The van der Waals surface area contributed by atoms with Crippen LogP contribution in [0.3, 0.4) is 0 Å². The van der Waals surface area contributed by atoms with Crippen molar-refractivity contribution in [2.75, 3.05) is 13.7 Å². The van der Waals surface area contributed by atoms with Gasteiger partial charge in [-0.2, -0.15) is 0 Å². The Morgan fingerprint density at radius 3 is 2.52 bits per heavy atom. The van der Waals surface area contributed by atoms with Crippen LogP contribution in [0.25, 0.3) is 0 Å². The second-order valence-electron chi connectivity index (χ2n) is 6.47. The second kappa shape index (κ2) is 6.71. The molecule has 0 aliphatic carbocycles. The van der Waals surface area contributed by atoms with Crippen molar-refractivity contribution in [3.05, 3.63) is 35.9 Å². The van der Waals surface area contributed by atoms with Crippen molar-refractivity contribution in [2.45, 2.75) is 50.8 Å². The molecule has 1 aromatic rings. The van der Waals surface area contributed by atoms with Crippen molar-refractivity contribution >= 4 is 5.78 Å². The zero-order valence-corrected chi connectivity index (χ0v) is 12.8. The van der Waals surface area contributed by atoms with E-state index in [1.54, 1.807) is 0 Å². The summed E-state index contributed by atoms with van der Waals surface area (Å²) >= 11 is 0. The van der Waals surface area contributed by atoms with Gasteiger partial charge >= 0.3 is 0 Å². The largest absolute Gasteiger partial charge is 0.376 e. The molecule has 2 bridgehead atoms. The molecule has 2 fully saturated rings. The van der Waals surface area contributed by atoms with Crippen molar-refractivity contribution < 1.29 is 9.53 Å². The van der Waals surface area contributed by atoms with Crippen LogP contribution in [0.5, 0.6) is 0 Å². The molecule has 2 unspecified atom stereocenters. The Bertz CT molecular complexity index is 459. The fourth-order valence-electron chi connectivity index (χ4n) is 3.82. The van der Waals surface area contributed by atoms with E-state index >= 15 is 0 Å². The molecule has 2 heterocycles. The van der Waals surface area contributed by atoms with Gasteiger partial charge in [-0.15, -0.1) is 0 Å². The normalized spacial score (nSPS) is 28.7. The first kappa shape index (κ1) is 14.7. The van der Waals surface area contributed by atoms with Gasteiger partial charge in [0.25, 0.3) is 0 Å². The highest BCUT2D eigenvalue weighted by atomic mass is 16.5. The molecular formula is C18H25NO2. The van der Waals surface area contributed by atoms with Crippen molar-refractivity contribution in [1.29, 1.82) is 0 Å². The van der Waals surface area contributed by atoms with Gasteiger partial charge in [0.15, 0.2) is 0 Å². The van der Waals surface area contributed by atoms with Crippen molar-refractivity contribution in [1.82, 2.24) is 4.90 Å². The van der Waals surface area contributed by atoms with Gasteiger partial charge in [-0.05, 0) is 38.3 Å². The summed E-state index contributed by atoms with van der Waals surface area (Å²) < 4.78 is 5.64. The van der Waals surface area contributed by atoms with E-state index < -0.39 is 0 Å². The van der Waals surface area contributed by atoms with E-state index in [4.69, 9.17) is 4.74 Å². The number of fused-ring (bicyclic) bond motifs is 2. The predicted molar refractivity (Wildman–Crippen MR) is 83.0 cm³/mol. The van der Waals surface area contributed by atoms with Crippen molar-refractivity contribution in [2.24, 2.45) is 5.92 Å². The monoisotopic (exact) mass is 287 g/mol. The summed E-state index contributed by atoms with van der Waals surface area (Å²) in [5, 5.41) is 0. The Morgan fingerprint density at radius 2 is 1.86 bits per heavy atom. The molecule has 0 aromatic heterocycles. The molecule has 0 saturated carbocycles. The standard InChI is InChI=1S/C18H25NO2/c1-19-16-7-8-17(19)12-15(11-16)18(20)9-10-21-13-14-5-3-2-4-6-14/h2-6,15-17H,7-13H2,1H3. The Hall–Kier alpha value is -1.19. The minimum Gasteiger partial charge on any atom is -0.376 e. The fourth-order valence-corrected chi connectivity index (χ4v) is 3.82. The van der Waals surface area contributed by atoms with Crippen LogP contribution >= 0.6 is 0 Å². The summed E-state index contributed by atoms with van der Waals surface area (Å²) in [5.41, 5.74) is 1.17. The molecule has 2 atom stereocenters. The Kier molecular flexibility index (Phi) is 4.71. The third kappa shape index (κ3) is 3.53. The summed E-state index contributed by atoms with van der Waals surface area (Å²) in [6.07, 6.45) is 5.24. The first-order valence-corrected chi connectivity index (χ1v) is 8.10. The van der Waals surface area contributed by atoms with E-state index in [1.807, 2.05) is 18.2 Å². The average Bonchev–Trinajstić information content (AvgIpc) is 2.74. The van der Waals surface area contributed by atoms with Gasteiger partial charge in [0.2, 0.25) is 0 Å². The zero-order valence-electron chi connectivity index (χ0n) is 12.8. The number of rotatable bonds is 6. The molecule has 21 heavy (non-hydrogen) atoms. The maximum absolute atomic E-state index is 12.3. The molecule has 0 amide bonds. The number of piperidine rings is 1. The topological polar surface area (TPSA) is 29.5 Å².